The number of nitrogens with zero attached hydrogens (tertiary/aromatic N) is 2. The summed E-state index contributed by atoms with van der Waals surface area (Å²) in [6.45, 7) is 0. The number of phenolic OH excluding ortho intramolecular Hbond substituents is 1. The van der Waals surface area contributed by atoms with Crippen molar-refractivity contribution in [3.05, 3.63) is 40.7 Å². The summed E-state index contributed by atoms with van der Waals surface area (Å²) in [4.78, 5) is 41.6. The SMILES string of the molecule is CN(C)c1ccc(O)c2c([O-])c3c(cc12)C[C@H]1[C@H](N(C)C)C(=O)C(C(N)=O)=C([O-])[C@@]1(O)C3=O.[Na+].[Na+]. The number of carbonyl (C=O) groups is 3. The predicted octanol–water partition coefficient (Wildman–Crippen LogP) is -7.61. The van der Waals surface area contributed by atoms with Crippen LogP contribution in [0.4, 0.5) is 5.69 Å². The number of phenols is 1. The van der Waals surface area contributed by atoms with Crippen molar-refractivity contribution in [1.82, 2.24) is 4.90 Å². The Kier molecular flexibility index (Phi) is 8.48. The molecule has 0 fully saturated rings. The number of hydrogen-bond acceptors (Lipinski definition) is 9. The van der Waals surface area contributed by atoms with Crippen LogP contribution in [-0.2, 0) is 16.0 Å². The summed E-state index contributed by atoms with van der Waals surface area (Å²) >= 11 is 0. The first-order valence-electron chi connectivity index (χ1n) is 10.2. The zero-order valence-electron chi connectivity index (χ0n) is 20.5. The number of fused-ring (bicyclic) bond motifs is 3. The first-order valence-corrected chi connectivity index (χ1v) is 10.2. The van der Waals surface area contributed by atoms with Crippen molar-refractivity contribution in [3.8, 4) is 11.5 Å². The van der Waals surface area contributed by atoms with Gasteiger partial charge in [0.15, 0.2) is 11.6 Å². The molecule has 0 spiro atoms. The Bertz CT molecular complexity index is 1290. The molecule has 2 aliphatic carbocycles. The van der Waals surface area contributed by atoms with E-state index >= 15 is 0 Å². The summed E-state index contributed by atoms with van der Waals surface area (Å²) in [5.41, 5.74) is 1.86. The molecule has 2 aromatic rings. The van der Waals surface area contributed by atoms with E-state index in [9.17, 15) is 34.8 Å². The van der Waals surface area contributed by atoms with Gasteiger partial charge in [-0.15, -0.1) is 0 Å². The smallest absolute Gasteiger partial charge is 0.873 e. The van der Waals surface area contributed by atoms with Gasteiger partial charge in [0.05, 0.1) is 11.6 Å². The molecule has 0 aromatic heterocycles. The first-order chi connectivity index (χ1) is 15.3. The topological polar surface area (TPSA) is 170 Å². The Morgan fingerprint density at radius 1 is 1.14 bits per heavy atom. The Morgan fingerprint density at radius 2 is 1.74 bits per heavy atom. The van der Waals surface area contributed by atoms with Crippen molar-refractivity contribution in [2.24, 2.45) is 11.7 Å². The number of carbonyl (C=O) groups excluding carboxylic acids is 3. The van der Waals surface area contributed by atoms with Crippen LogP contribution in [0.3, 0.4) is 0 Å². The Hall–Kier alpha value is -1.63. The summed E-state index contributed by atoms with van der Waals surface area (Å²) in [5, 5.41) is 48.6. The third-order valence-corrected chi connectivity index (χ3v) is 6.60. The van der Waals surface area contributed by atoms with Crippen LogP contribution < -0.4 is 80.0 Å². The molecule has 3 atom stereocenters. The quantitative estimate of drug-likeness (QED) is 0.274. The molecule has 0 radical (unpaired) electrons. The second-order valence-electron chi connectivity index (χ2n) is 8.91. The molecule has 0 bridgehead atoms. The maximum absolute atomic E-state index is 13.6. The van der Waals surface area contributed by atoms with Crippen LogP contribution in [0, 0.1) is 5.92 Å². The van der Waals surface area contributed by atoms with Gasteiger partial charge < -0.3 is 31.1 Å². The van der Waals surface area contributed by atoms with Crippen LogP contribution >= 0.6 is 0 Å². The van der Waals surface area contributed by atoms with E-state index in [4.69, 9.17) is 5.73 Å². The van der Waals surface area contributed by atoms with Gasteiger partial charge >= 0.3 is 59.1 Å². The Morgan fingerprint density at radius 3 is 2.26 bits per heavy atom. The van der Waals surface area contributed by atoms with Gasteiger partial charge in [-0.3, -0.25) is 19.3 Å². The zero-order valence-corrected chi connectivity index (χ0v) is 24.5. The van der Waals surface area contributed by atoms with E-state index < -0.39 is 57.7 Å². The van der Waals surface area contributed by atoms with Gasteiger partial charge in [-0.1, -0.05) is 11.5 Å². The number of rotatable bonds is 3. The van der Waals surface area contributed by atoms with Crippen molar-refractivity contribution in [3.63, 3.8) is 0 Å². The maximum Gasteiger partial charge on any atom is 1.00 e. The number of benzene rings is 2. The zero-order chi connectivity index (χ0) is 24.6. The minimum absolute atomic E-state index is 0. The summed E-state index contributed by atoms with van der Waals surface area (Å²) in [5.74, 6) is -7.27. The normalized spacial score (nSPS) is 23.4. The van der Waals surface area contributed by atoms with Gasteiger partial charge in [-0.25, -0.2) is 0 Å². The van der Waals surface area contributed by atoms with Crippen LogP contribution in [0.15, 0.2) is 29.5 Å². The minimum Gasteiger partial charge on any atom is -0.873 e. The monoisotopic (exact) mass is 499 g/mol. The molecule has 0 aliphatic heterocycles. The van der Waals surface area contributed by atoms with Crippen LogP contribution in [0.25, 0.3) is 10.8 Å². The summed E-state index contributed by atoms with van der Waals surface area (Å²) in [6, 6.07) is 3.31. The number of aromatic hydroxyl groups is 1. The second-order valence-corrected chi connectivity index (χ2v) is 8.91. The molecule has 0 unspecified atom stereocenters. The molecule has 1 amide bonds. The van der Waals surface area contributed by atoms with Gasteiger partial charge in [-0.05, 0) is 44.3 Å². The van der Waals surface area contributed by atoms with Crippen LogP contribution in [-0.4, -0.2) is 72.4 Å². The number of nitrogens with two attached hydrogens (primary N) is 1. The maximum atomic E-state index is 13.6. The van der Waals surface area contributed by atoms with Crippen molar-refractivity contribution in [2.75, 3.05) is 33.1 Å². The molecular formula is C23H23N3Na2O7. The number of hydrogen-bond donors (Lipinski definition) is 3. The molecule has 4 rings (SSSR count). The fourth-order valence-electron chi connectivity index (χ4n) is 5.11. The number of Topliss-reactive ketones (excluding diaryl/α,β-unsaturated/α-hetero) is 2. The van der Waals surface area contributed by atoms with Crippen molar-refractivity contribution < 1.29 is 93.9 Å². The molecule has 10 nitrogen and oxygen atoms in total. The largest absolute Gasteiger partial charge is 1.00 e. The third kappa shape index (κ3) is 4.10. The molecule has 35 heavy (non-hydrogen) atoms. The van der Waals surface area contributed by atoms with Gasteiger partial charge in [0.1, 0.15) is 11.4 Å². The molecule has 0 heterocycles. The number of amides is 1. The average molecular weight is 499 g/mol. The van der Waals surface area contributed by atoms with E-state index in [1.807, 2.05) is 0 Å². The van der Waals surface area contributed by atoms with Crippen molar-refractivity contribution in [1.29, 1.82) is 0 Å². The van der Waals surface area contributed by atoms with Crippen LogP contribution in [0.2, 0.25) is 0 Å². The molecule has 0 saturated carbocycles. The second kappa shape index (κ2) is 10.0. The molecule has 2 aliphatic rings. The molecule has 4 N–H and O–H groups in total. The fraction of sp³-hybridized carbons (Fsp3) is 0.348. The number of aliphatic hydroxyl groups is 1. The van der Waals surface area contributed by atoms with Gasteiger partial charge in [0, 0.05) is 42.0 Å². The van der Waals surface area contributed by atoms with Gasteiger partial charge in [0.25, 0.3) is 5.91 Å². The standard InChI is InChI=1S/C23H25N3O7.2Na/c1-25(2)12-5-6-13(27)15-10(12)7-9-8-11-17(26(3)4)19(29)16(22(24)32)21(31)23(11,33)20(30)14(9)18(15)28;;/h5-7,11,17,27-28,31,33H,8H2,1-4H3,(H2,24,32);;/q;2*+1/p-2/t11-,17-,23-;;/m0../s1. The third-order valence-electron chi connectivity index (χ3n) is 6.60. The predicted molar refractivity (Wildman–Crippen MR) is 115 cm³/mol. The molecule has 174 valence electrons. The van der Waals surface area contributed by atoms with E-state index in [1.54, 1.807) is 31.1 Å². The minimum atomic E-state index is -2.82. The number of likely N-dealkylation sites (N-methyl/N-ethyl adjacent to an activating group) is 1. The van der Waals surface area contributed by atoms with Crippen molar-refractivity contribution >= 4 is 33.9 Å². The number of primary amides is 1. The van der Waals surface area contributed by atoms with Crippen molar-refractivity contribution in [2.45, 2.75) is 18.1 Å². The van der Waals surface area contributed by atoms with Crippen LogP contribution in [0.5, 0.6) is 11.5 Å². The number of anilines is 1. The fourth-order valence-corrected chi connectivity index (χ4v) is 5.11. The summed E-state index contributed by atoms with van der Waals surface area (Å²) in [6.07, 6.45) is -0.155. The van der Waals surface area contributed by atoms with Gasteiger partial charge in [0.2, 0.25) is 0 Å². The summed E-state index contributed by atoms with van der Waals surface area (Å²) < 4.78 is 0. The molecule has 2 aromatic carbocycles. The molecule has 12 heteroatoms. The van der Waals surface area contributed by atoms with E-state index in [1.165, 1.54) is 25.1 Å². The number of ketones is 2. The summed E-state index contributed by atoms with van der Waals surface area (Å²) in [7, 11) is 6.53. The molecular weight excluding hydrogens is 476 g/mol. The van der Waals surface area contributed by atoms with E-state index in [0.717, 1.165) is 0 Å². The van der Waals surface area contributed by atoms with Crippen LogP contribution in [0.1, 0.15) is 15.9 Å². The molecule has 0 saturated heterocycles. The van der Waals surface area contributed by atoms with E-state index in [-0.39, 0.29) is 82.2 Å². The Balaban J connectivity index is 0.00000216. The van der Waals surface area contributed by atoms with E-state index in [0.29, 0.717) is 11.1 Å². The first kappa shape index (κ1) is 29.6. The van der Waals surface area contributed by atoms with E-state index in [2.05, 4.69) is 0 Å². The van der Waals surface area contributed by atoms with Gasteiger partial charge in [-0.2, -0.15) is 0 Å². The average Bonchev–Trinajstić information content (AvgIpc) is 2.70. The Labute approximate surface area is 246 Å².